The fourth-order valence-corrected chi connectivity index (χ4v) is 7.16. The summed E-state index contributed by atoms with van der Waals surface area (Å²) in [6.07, 6.45) is 0.662. The van der Waals surface area contributed by atoms with E-state index < -0.39 is 124 Å². The molecule has 424 valence electrons. The number of carbonyl (C=O) groups is 9. The number of aliphatic hydroxyl groups is 2. The SMILES string of the molecule is CC/C(C)=C(\NC(=O)[C@H](NC(=O)[C@@H](NC(=O)[C@H](NC(=O)[C@H](N)C(C)C)[C@@H](C)CC)C(C)(C)O)C(C)(C)O)C(=O)N[C@H](C)C(=O)N[C@H](C(=O)N[C@@H](C(=O)NC(C(=O)N[C@H](CN(C)C)C(C)C)=C(C)C)C(C)C)C(C)C. The summed E-state index contributed by atoms with van der Waals surface area (Å²) in [6.45, 7) is 31.2. The molecule has 0 spiro atoms. The standard InChI is InChI=1S/C52H95N11O11/c1-22-30(13)38(60-49(71)40(51(16,17)73)62-50(72)41(52(18,19)74)61-48(70)39(31(14)23-2)59-43(65)34(53)26(5)6)47(69)54-32(15)42(64)56-36(28(9)10)45(67)58-37(29(11)12)46(68)57-35(27(7)8)44(66)55-33(25(3)4)24-63(20)21/h25-26,28-29,31-34,36-37,39-41,73-74H,22-24,53H2,1-21H3,(H,54,69)(H,55,66)(H,56,64)(H,57,68)(H,58,67)(H,59,65)(H,60,71)(H,61,70)(H,62,72)/b38-30-/t31-,32+,33+,34+,36-,37+,39+,40-,41+/m0/s1. The molecule has 0 aliphatic carbocycles. The number of nitrogens with two attached hydrogens (primary N) is 1. The lowest BCUT2D eigenvalue weighted by atomic mass is 9.92. The predicted octanol–water partition coefficient (Wildman–Crippen LogP) is 0.711. The second-order valence-electron chi connectivity index (χ2n) is 22.4. The third-order valence-corrected chi connectivity index (χ3v) is 12.7. The second-order valence-corrected chi connectivity index (χ2v) is 22.4. The Bertz CT molecular complexity index is 2030. The van der Waals surface area contributed by atoms with Crippen LogP contribution in [0.15, 0.2) is 22.5 Å². The normalized spacial score (nSPS) is 16.0. The number of carbonyl (C=O) groups excluding carboxylic acids is 9. The Morgan fingerprint density at radius 3 is 1.34 bits per heavy atom. The molecule has 0 rings (SSSR count). The summed E-state index contributed by atoms with van der Waals surface area (Å²) in [5, 5.41) is 46.0. The highest BCUT2D eigenvalue weighted by atomic mass is 16.3. The monoisotopic (exact) mass is 1050 g/mol. The zero-order valence-corrected chi connectivity index (χ0v) is 48.2. The van der Waals surface area contributed by atoms with Crippen LogP contribution in [0.3, 0.4) is 0 Å². The van der Waals surface area contributed by atoms with E-state index >= 15 is 0 Å². The van der Waals surface area contributed by atoms with Crippen molar-refractivity contribution in [2.24, 2.45) is 35.3 Å². The molecule has 9 amide bonds. The number of hydrogen-bond acceptors (Lipinski definition) is 13. The van der Waals surface area contributed by atoms with Gasteiger partial charge in [0.2, 0.25) is 41.4 Å². The fourth-order valence-electron chi connectivity index (χ4n) is 7.16. The summed E-state index contributed by atoms with van der Waals surface area (Å²) in [6, 6.07) is -9.52. The van der Waals surface area contributed by atoms with E-state index in [0.717, 1.165) is 0 Å². The van der Waals surface area contributed by atoms with Crippen LogP contribution in [0.1, 0.15) is 144 Å². The minimum Gasteiger partial charge on any atom is -0.388 e. The average Bonchev–Trinajstić information content (AvgIpc) is 3.27. The van der Waals surface area contributed by atoms with Crippen molar-refractivity contribution in [1.82, 2.24) is 52.8 Å². The van der Waals surface area contributed by atoms with Crippen molar-refractivity contribution in [1.29, 1.82) is 0 Å². The van der Waals surface area contributed by atoms with Gasteiger partial charge in [0.15, 0.2) is 0 Å². The van der Waals surface area contributed by atoms with Crippen LogP contribution in [0.2, 0.25) is 0 Å². The van der Waals surface area contributed by atoms with Crippen LogP contribution in [0.4, 0.5) is 0 Å². The van der Waals surface area contributed by atoms with Gasteiger partial charge < -0.3 is 68.7 Å². The Labute approximate surface area is 440 Å². The van der Waals surface area contributed by atoms with Gasteiger partial charge in [-0.2, -0.15) is 0 Å². The molecule has 22 nitrogen and oxygen atoms in total. The van der Waals surface area contributed by atoms with Crippen molar-refractivity contribution in [3.8, 4) is 0 Å². The van der Waals surface area contributed by atoms with Gasteiger partial charge in [0.05, 0.1) is 17.2 Å². The van der Waals surface area contributed by atoms with Crippen LogP contribution in [-0.2, 0) is 43.2 Å². The highest BCUT2D eigenvalue weighted by Crippen LogP contribution is 2.18. The Balaban J connectivity index is 6.47. The van der Waals surface area contributed by atoms with E-state index in [1.165, 1.54) is 34.6 Å². The van der Waals surface area contributed by atoms with Gasteiger partial charge in [-0.25, -0.2) is 0 Å². The van der Waals surface area contributed by atoms with Gasteiger partial charge in [-0.05, 0) is 117 Å². The number of hydrogen-bond donors (Lipinski definition) is 12. The highest BCUT2D eigenvalue weighted by molar-refractivity contribution is 6.03. The first-order valence-corrected chi connectivity index (χ1v) is 25.7. The molecule has 0 aromatic carbocycles. The zero-order valence-electron chi connectivity index (χ0n) is 48.2. The molecule has 0 aromatic rings. The molecule has 0 aromatic heterocycles. The van der Waals surface area contributed by atoms with E-state index in [4.69, 9.17) is 5.73 Å². The van der Waals surface area contributed by atoms with Crippen molar-refractivity contribution in [2.45, 2.75) is 204 Å². The molecule has 0 aliphatic rings. The van der Waals surface area contributed by atoms with Gasteiger partial charge >= 0.3 is 0 Å². The van der Waals surface area contributed by atoms with Crippen molar-refractivity contribution in [2.75, 3.05) is 20.6 Å². The first kappa shape index (κ1) is 68.6. The highest BCUT2D eigenvalue weighted by Gasteiger charge is 2.43. The van der Waals surface area contributed by atoms with E-state index in [0.29, 0.717) is 24.1 Å². The lowest BCUT2D eigenvalue weighted by Gasteiger charge is -2.35. The predicted molar refractivity (Wildman–Crippen MR) is 285 cm³/mol. The molecular formula is C52H95N11O11. The van der Waals surface area contributed by atoms with Gasteiger partial charge in [-0.3, -0.25) is 43.2 Å². The van der Waals surface area contributed by atoms with Crippen molar-refractivity contribution < 1.29 is 53.4 Å². The minimum absolute atomic E-state index is 0.0453. The lowest BCUT2D eigenvalue weighted by molar-refractivity contribution is -0.142. The third-order valence-electron chi connectivity index (χ3n) is 12.7. The largest absolute Gasteiger partial charge is 0.388 e. The zero-order chi connectivity index (χ0) is 58.1. The first-order chi connectivity index (χ1) is 33.7. The quantitative estimate of drug-likeness (QED) is 0.0460. The lowest BCUT2D eigenvalue weighted by Crippen LogP contribution is -2.66. The molecule has 9 atom stereocenters. The fraction of sp³-hybridized carbons (Fsp3) is 0.750. The molecule has 0 saturated carbocycles. The summed E-state index contributed by atoms with van der Waals surface area (Å²) in [4.78, 5) is 125. The van der Waals surface area contributed by atoms with Crippen molar-refractivity contribution in [3.05, 3.63) is 22.5 Å². The van der Waals surface area contributed by atoms with Crippen LogP contribution in [-0.4, -0.2) is 148 Å². The number of nitrogens with zero attached hydrogens (tertiary/aromatic N) is 1. The summed E-state index contributed by atoms with van der Waals surface area (Å²) in [5.41, 5.74) is 2.65. The van der Waals surface area contributed by atoms with E-state index in [2.05, 4.69) is 47.9 Å². The molecule has 0 bridgehead atoms. The summed E-state index contributed by atoms with van der Waals surface area (Å²) in [5.74, 6) is -8.71. The molecule has 0 fully saturated rings. The minimum atomic E-state index is -2.02. The number of likely N-dealkylation sites (N-methyl/N-ethyl adjacent to an activating group) is 1. The third kappa shape index (κ3) is 21.8. The Morgan fingerprint density at radius 1 is 0.500 bits per heavy atom. The smallest absolute Gasteiger partial charge is 0.268 e. The number of amides is 9. The maximum Gasteiger partial charge on any atom is 0.268 e. The van der Waals surface area contributed by atoms with Crippen molar-refractivity contribution >= 4 is 53.2 Å². The average molecular weight is 1050 g/mol. The Morgan fingerprint density at radius 2 is 0.919 bits per heavy atom. The van der Waals surface area contributed by atoms with Gasteiger partial charge in [0, 0.05) is 12.6 Å². The van der Waals surface area contributed by atoms with Crippen LogP contribution < -0.4 is 53.6 Å². The molecular weight excluding hydrogens is 955 g/mol. The van der Waals surface area contributed by atoms with Gasteiger partial charge in [0.1, 0.15) is 47.6 Å². The number of allylic oxidation sites excluding steroid dienone is 2. The maximum absolute atomic E-state index is 14.1. The van der Waals surface area contributed by atoms with Crippen LogP contribution >= 0.6 is 0 Å². The molecule has 0 aliphatic heterocycles. The molecule has 0 unspecified atom stereocenters. The molecule has 74 heavy (non-hydrogen) atoms. The van der Waals surface area contributed by atoms with Gasteiger partial charge in [-0.15, -0.1) is 0 Å². The van der Waals surface area contributed by atoms with E-state index in [1.54, 1.807) is 83.1 Å². The second kappa shape index (κ2) is 30.2. The molecule has 13 N–H and O–H groups in total. The van der Waals surface area contributed by atoms with Crippen molar-refractivity contribution in [3.63, 3.8) is 0 Å². The van der Waals surface area contributed by atoms with E-state index in [9.17, 15) is 53.4 Å². The van der Waals surface area contributed by atoms with E-state index in [-0.39, 0.29) is 35.7 Å². The molecule has 0 heterocycles. The number of nitrogens with one attached hydrogen (secondary N) is 9. The Kier molecular flexibility index (Phi) is 28.0. The summed E-state index contributed by atoms with van der Waals surface area (Å²) >= 11 is 0. The van der Waals surface area contributed by atoms with Gasteiger partial charge in [0.25, 0.3) is 11.8 Å². The molecule has 0 saturated heterocycles. The van der Waals surface area contributed by atoms with Crippen LogP contribution in [0.5, 0.6) is 0 Å². The Hall–Kier alpha value is -5.45. The summed E-state index contributed by atoms with van der Waals surface area (Å²) in [7, 11) is 3.78. The maximum atomic E-state index is 14.1. The van der Waals surface area contributed by atoms with Crippen LogP contribution in [0, 0.1) is 29.6 Å². The molecule has 0 radical (unpaired) electrons. The first-order valence-electron chi connectivity index (χ1n) is 25.7. The van der Waals surface area contributed by atoms with Crippen LogP contribution in [0.25, 0.3) is 0 Å². The van der Waals surface area contributed by atoms with E-state index in [1.807, 2.05) is 32.8 Å². The topological polar surface area (TPSA) is 332 Å². The number of rotatable bonds is 29. The summed E-state index contributed by atoms with van der Waals surface area (Å²) < 4.78 is 0. The van der Waals surface area contributed by atoms with Gasteiger partial charge in [-0.1, -0.05) is 82.6 Å². The molecule has 22 heteroatoms.